The highest BCUT2D eigenvalue weighted by Gasteiger charge is 2.44. The molecule has 7 heteroatoms. The van der Waals surface area contributed by atoms with Crippen molar-refractivity contribution in [2.45, 2.75) is 37.8 Å². The van der Waals surface area contributed by atoms with E-state index >= 15 is 0 Å². The van der Waals surface area contributed by atoms with Crippen molar-refractivity contribution in [1.29, 1.82) is 0 Å². The molecule has 0 aromatic carbocycles. The van der Waals surface area contributed by atoms with Gasteiger partial charge in [0.2, 0.25) is 0 Å². The Kier molecular flexibility index (Phi) is 4.02. The van der Waals surface area contributed by atoms with Crippen molar-refractivity contribution in [3.05, 3.63) is 48.2 Å². The summed E-state index contributed by atoms with van der Waals surface area (Å²) in [7, 11) is -1.54. The lowest BCUT2D eigenvalue weighted by Gasteiger charge is -2.31. The molecule has 24 heavy (non-hydrogen) atoms. The molecule has 0 aliphatic carbocycles. The molecule has 4 heterocycles. The molecule has 2 atom stereocenters. The van der Waals surface area contributed by atoms with Gasteiger partial charge >= 0.3 is 0 Å². The van der Waals surface area contributed by atoms with Crippen LogP contribution in [0.1, 0.15) is 49.2 Å². The predicted molar refractivity (Wildman–Crippen MR) is 90.4 cm³/mol. The third-order valence-corrected chi connectivity index (χ3v) is 7.26. The average Bonchev–Trinajstić information content (AvgIpc) is 3.32. The van der Waals surface area contributed by atoms with Gasteiger partial charge in [-0.25, -0.2) is 0 Å². The van der Waals surface area contributed by atoms with Crippen LogP contribution >= 0.6 is 0 Å². The Morgan fingerprint density at radius 2 is 1.75 bits per heavy atom. The molecule has 0 bridgehead atoms. The van der Waals surface area contributed by atoms with Crippen molar-refractivity contribution >= 4 is 10.2 Å². The Hall–Kier alpha value is -1.57. The van der Waals surface area contributed by atoms with Crippen LogP contribution < -0.4 is 0 Å². The van der Waals surface area contributed by atoms with Gasteiger partial charge in [0.25, 0.3) is 10.2 Å². The fourth-order valence-corrected chi connectivity index (χ4v) is 6.10. The molecule has 0 N–H and O–H groups in total. The molecule has 2 aliphatic heterocycles. The zero-order valence-electron chi connectivity index (χ0n) is 13.8. The Bertz CT molecular complexity index is 797. The van der Waals surface area contributed by atoms with E-state index in [1.807, 2.05) is 42.1 Å². The Morgan fingerprint density at radius 1 is 1.04 bits per heavy atom. The largest absolute Gasteiger partial charge is 0.468 e. The van der Waals surface area contributed by atoms with Gasteiger partial charge in [0.05, 0.1) is 18.3 Å². The summed E-state index contributed by atoms with van der Waals surface area (Å²) in [6.07, 6.45) is 7.04. The average molecular weight is 349 g/mol. The van der Waals surface area contributed by atoms with Crippen LogP contribution in [0.2, 0.25) is 0 Å². The summed E-state index contributed by atoms with van der Waals surface area (Å²) < 4.78 is 37.5. The first-order valence-corrected chi connectivity index (χ1v) is 9.92. The van der Waals surface area contributed by atoms with Gasteiger partial charge in [-0.1, -0.05) is 0 Å². The van der Waals surface area contributed by atoms with Gasteiger partial charge < -0.3 is 8.98 Å². The highest BCUT2D eigenvalue weighted by Crippen LogP contribution is 2.40. The first-order valence-electron chi connectivity index (χ1n) is 8.52. The van der Waals surface area contributed by atoms with E-state index in [1.165, 1.54) is 0 Å². The van der Waals surface area contributed by atoms with Gasteiger partial charge in [-0.05, 0) is 49.9 Å². The second-order valence-electron chi connectivity index (χ2n) is 6.60. The minimum Gasteiger partial charge on any atom is -0.468 e. The van der Waals surface area contributed by atoms with Crippen LogP contribution in [0.15, 0.2) is 41.1 Å². The molecule has 2 aliphatic rings. The predicted octanol–water partition coefficient (Wildman–Crippen LogP) is 2.84. The SMILES string of the molecule is Cn1cccc1C1CCCN1S(=O)(=O)N1CCCC1c1ccco1. The maximum atomic E-state index is 13.4. The lowest BCUT2D eigenvalue weighted by atomic mass is 10.1. The number of aromatic nitrogens is 1. The number of hydrogen-bond donors (Lipinski definition) is 0. The van der Waals surface area contributed by atoms with Gasteiger partial charge in [0.15, 0.2) is 0 Å². The Labute approximate surface area is 142 Å². The Balaban J connectivity index is 1.65. The fourth-order valence-electron chi connectivity index (χ4n) is 4.05. The molecular weight excluding hydrogens is 326 g/mol. The maximum absolute atomic E-state index is 13.4. The quantitative estimate of drug-likeness (QED) is 0.853. The number of aryl methyl sites for hydroxylation is 1. The summed E-state index contributed by atoms with van der Waals surface area (Å²) >= 11 is 0. The third-order valence-electron chi connectivity index (χ3n) is 5.20. The number of rotatable bonds is 4. The van der Waals surface area contributed by atoms with Crippen LogP contribution in [0.5, 0.6) is 0 Å². The molecule has 130 valence electrons. The number of hydrogen-bond acceptors (Lipinski definition) is 3. The van der Waals surface area contributed by atoms with Crippen molar-refractivity contribution in [3.63, 3.8) is 0 Å². The first kappa shape index (κ1) is 15.9. The van der Waals surface area contributed by atoms with E-state index in [1.54, 1.807) is 14.9 Å². The van der Waals surface area contributed by atoms with Crippen LogP contribution in [-0.2, 0) is 17.3 Å². The van der Waals surface area contributed by atoms with Crippen molar-refractivity contribution in [3.8, 4) is 0 Å². The third kappa shape index (κ3) is 2.51. The second kappa shape index (κ2) is 6.06. The standard InChI is InChI=1S/C17H23N3O3S/c1-18-10-2-6-14(18)15-7-3-11-19(15)24(21,22)20-12-4-8-16(20)17-9-5-13-23-17/h2,5-6,9-10,13,15-16H,3-4,7-8,11-12H2,1H3. The summed E-state index contributed by atoms with van der Waals surface area (Å²) in [6.45, 7) is 1.14. The highest BCUT2D eigenvalue weighted by atomic mass is 32.2. The van der Waals surface area contributed by atoms with Gasteiger partial charge in [0, 0.05) is 32.0 Å². The second-order valence-corrected chi connectivity index (χ2v) is 8.44. The summed E-state index contributed by atoms with van der Waals surface area (Å²) in [4.78, 5) is 0. The van der Waals surface area contributed by atoms with E-state index < -0.39 is 10.2 Å². The topological polar surface area (TPSA) is 58.7 Å². The lowest BCUT2D eigenvalue weighted by Crippen LogP contribution is -2.43. The smallest absolute Gasteiger partial charge is 0.283 e. The molecule has 0 saturated carbocycles. The summed E-state index contributed by atoms with van der Waals surface area (Å²) in [6, 6.07) is 7.43. The molecule has 2 unspecified atom stereocenters. The molecule has 2 aromatic heterocycles. The van der Waals surface area contributed by atoms with E-state index in [0.717, 1.165) is 37.1 Å². The van der Waals surface area contributed by atoms with Gasteiger partial charge in [0.1, 0.15) is 5.76 Å². The summed E-state index contributed by atoms with van der Waals surface area (Å²) in [5.74, 6) is 0.741. The van der Waals surface area contributed by atoms with Crippen LogP contribution in [0, 0.1) is 0 Å². The minimum absolute atomic E-state index is 0.0761. The van der Waals surface area contributed by atoms with Crippen molar-refractivity contribution in [2.24, 2.45) is 7.05 Å². The van der Waals surface area contributed by atoms with Crippen LogP contribution in [-0.4, -0.2) is 34.7 Å². The Morgan fingerprint density at radius 3 is 2.38 bits per heavy atom. The highest BCUT2D eigenvalue weighted by molar-refractivity contribution is 7.86. The molecule has 0 amide bonds. The molecular formula is C17H23N3O3S. The van der Waals surface area contributed by atoms with Crippen LogP contribution in [0.4, 0.5) is 0 Å². The van der Waals surface area contributed by atoms with E-state index in [0.29, 0.717) is 13.1 Å². The van der Waals surface area contributed by atoms with Gasteiger partial charge in [-0.15, -0.1) is 0 Å². The molecule has 2 aromatic rings. The van der Waals surface area contributed by atoms with Gasteiger partial charge in [-0.3, -0.25) is 0 Å². The van der Waals surface area contributed by atoms with Gasteiger partial charge in [-0.2, -0.15) is 17.0 Å². The molecule has 0 radical (unpaired) electrons. The van der Waals surface area contributed by atoms with Crippen molar-refractivity contribution in [1.82, 2.24) is 13.2 Å². The van der Waals surface area contributed by atoms with E-state index in [2.05, 4.69) is 0 Å². The molecule has 2 fully saturated rings. The number of furan rings is 1. The minimum atomic E-state index is -3.51. The fraction of sp³-hybridized carbons (Fsp3) is 0.529. The number of nitrogens with zero attached hydrogens (tertiary/aromatic N) is 3. The van der Waals surface area contributed by atoms with E-state index in [9.17, 15) is 8.42 Å². The van der Waals surface area contributed by atoms with E-state index in [4.69, 9.17) is 4.42 Å². The summed E-state index contributed by atoms with van der Waals surface area (Å²) in [5, 5.41) is 0. The first-order chi connectivity index (χ1) is 11.6. The van der Waals surface area contributed by atoms with Crippen LogP contribution in [0.25, 0.3) is 0 Å². The monoisotopic (exact) mass is 349 g/mol. The van der Waals surface area contributed by atoms with E-state index in [-0.39, 0.29) is 12.1 Å². The molecule has 2 saturated heterocycles. The molecule has 6 nitrogen and oxygen atoms in total. The van der Waals surface area contributed by atoms with Crippen molar-refractivity contribution < 1.29 is 12.8 Å². The zero-order chi connectivity index (χ0) is 16.7. The normalized spacial score (nSPS) is 26.4. The van der Waals surface area contributed by atoms with Crippen LogP contribution in [0.3, 0.4) is 0 Å². The molecule has 0 spiro atoms. The summed E-state index contributed by atoms with van der Waals surface area (Å²) in [5.41, 5.74) is 1.06. The lowest BCUT2D eigenvalue weighted by molar-refractivity contribution is 0.292. The zero-order valence-corrected chi connectivity index (χ0v) is 14.7. The van der Waals surface area contributed by atoms with Crippen molar-refractivity contribution in [2.75, 3.05) is 13.1 Å². The maximum Gasteiger partial charge on any atom is 0.283 e. The molecule has 4 rings (SSSR count).